The third-order valence-electron chi connectivity index (χ3n) is 2.73. The van der Waals surface area contributed by atoms with Crippen molar-refractivity contribution >= 4 is 13.5 Å². The summed E-state index contributed by atoms with van der Waals surface area (Å²) in [6, 6.07) is 8.36. The lowest BCUT2D eigenvalue weighted by Crippen LogP contribution is -2.43. The van der Waals surface area contributed by atoms with E-state index >= 15 is 0 Å². The number of benzene rings is 1. The minimum atomic E-state index is -2.14. The van der Waals surface area contributed by atoms with Crippen LogP contribution in [0, 0.1) is 0 Å². The summed E-state index contributed by atoms with van der Waals surface area (Å²) in [5, 5.41) is 1.21. The van der Waals surface area contributed by atoms with Gasteiger partial charge in [0, 0.05) is 0 Å². The van der Waals surface area contributed by atoms with Gasteiger partial charge in [0.15, 0.2) is 0 Å². The van der Waals surface area contributed by atoms with Gasteiger partial charge in [-0.3, -0.25) is 0 Å². The highest BCUT2D eigenvalue weighted by molar-refractivity contribution is 6.83. The molecule has 0 aliphatic carbocycles. The van der Waals surface area contributed by atoms with E-state index in [1.807, 2.05) is 19.2 Å². The largest absolute Gasteiger partial charge is 0.428 e. The monoisotopic (exact) mass is 222 g/mol. The van der Waals surface area contributed by atoms with Crippen LogP contribution in [0.3, 0.4) is 0 Å². The van der Waals surface area contributed by atoms with Gasteiger partial charge in [0.2, 0.25) is 8.32 Å². The fourth-order valence-electron chi connectivity index (χ4n) is 1.90. The maximum atomic E-state index is 10.2. The summed E-state index contributed by atoms with van der Waals surface area (Å²) in [4.78, 5) is 10.2. The van der Waals surface area contributed by atoms with Crippen LogP contribution >= 0.6 is 0 Å². The molecule has 1 rings (SSSR count). The molecule has 2 heteroatoms. The zero-order valence-electron chi connectivity index (χ0n) is 10.1. The standard InChI is InChI=1S/C13H22OSi/c1-4-5-6-9-12-10-7-8-11-13(12)15(2,3)14/h7-8,10-11,14H,4-6,9H2,1-3H3. The fourth-order valence-corrected chi connectivity index (χ4v) is 3.40. The molecule has 1 aromatic carbocycles. The fraction of sp³-hybridized carbons (Fsp3) is 0.538. The second kappa shape index (κ2) is 5.47. The normalized spacial score (nSPS) is 11.7. The Labute approximate surface area is 94.3 Å². The van der Waals surface area contributed by atoms with Gasteiger partial charge in [0.1, 0.15) is 0 Å². The minimum absolute atomic E-state index is 1.11. The molecule has 0 heterocycles. The molecule has 84 valence electrons. The van der Waals surface area contributed by atoms with E-state index < -0.39 is 8.32 Å². The third kappa shape index (κ3) is 3.80. The highest BCUT2D eigenvalue weighted by Crippen LogP contribution is 2.09. The van der Waals surface area contributed by atoms with Gasteiger partial charge in [-0.15, -0.1) is 0 Å². The van der Waals surface area contributed by atoms with E-state index in [-0.39, 0.29) is 0 Å². The lowest BCUT2D eigenvalue weighted by Gasteiger charge is -2.18. The molecule has 0 unspecified atom stereocenters. The summed E-state index contributed by atoms with van der Waals surface area (Å²) in [7, 11) is -2.14. The molecule has 0 radical (unpaired) electrons. The Hall–Kier alpha value is -0.603. The van der Waals surface area contributed by atoms with Gasteiger partial charge < -0.3 is 4.80 Å². The molecule has 0 aromatic heterocycles. The molecule has 1 nitrogen and oxygen atoms in total. The summed E-state index contributed by atoms with van der Waals surface area (Å²) in [6.45, 7) is 6.20. The second-order valence-electron chi connectivity index (χ2n) is 4.67. The molecule has 0 aliphatic rings. The summed E-state index contributed by atoms with van der Waals surface area (Å²) in [5.74, 6) is 0. The van der Waals surface area contributed by atoms with Crippen molar-refractivity contribution in [1.82, 2.24) is 0 Å². The Balaban J connectivity index is 2.78. The highest BCUT2D eigenvalue weighted by Gasteiger charge is 2.22. The van der Waals surface area contributed by atoms with Crippen molar-refractivity contribution in [3.63, 3.8) is 0 Å². The van der Waals surface area contributed by atoms with E-state index in [4.69, 9.17) is 0 Å². The van der Waals surface area contributed by atoms with Gasteiger partial charge >= 0.3 is 0 Å². The molecule has 0 spiro atoms. The van der Waals surface area contributed by atoms with Gasteiger partial charge in [0.25, 0.3) is 0 Å². The maximum Gasteiger partial charge on any atom is 0.214 e. The number of unbranched alkanes of at least 4 members (excludes halogenated alkanes) is 2. The van der Waals surface area contributed by atoms with Crippen molar-refractivity contribution in [2.24, 2.45) is 0 Å². The van der Waals surface area contributed by atoms with E-state index in [0.29, 0.717) is 0 Å². The molecular formula is C13H22OSi. The van der Waals surface area contributed by atoms with Gasteiger partial charge in [0.05, 0.1) is 0 Å². The van der Waals surface area contributed by atoms with Crippen LogP contribution in [0.5, 0.6) is 0 Å². The maximum absolute atomic E-state index is 10.2. The topological polar surface area (TPSA) is 20.2 Å². The van der Waals surface area contributed by atoms with E-state index in [9.17, 15) is 4.80 Å². The van der Waals surface area contributed by atoms with E-state index in [1.54, 1.807) is 0 Å². The highest BCUT2D eigenvalue weighted by atomic mass is 28.4. The number of hydrogen-bond donors (Lipinski definition) is 1. The van der Waals surface area contributed by atoms with Crippen molar-refractivity contribution in [1.29, 1.82) is 0 Å². The average molecular weight is 222 g/mol. The van der Waals surface area contributed by atoms with Crippen LogP contribution in [0.25, 0.3) is 0 Å². The molecule has 0 fully saturated rings. The van der Waals surface area contributed by atoms with Crippen LogP contribution in [-0.4, -0.2) is 13.1 Å². The molecule has 0 saturated carbocycles. The van der Waals surface area contributed by atoms with Crippen LogP contribution in [0.15, 0.2) is 24.3 Å². The Morgan fingerprint density at radius 2 is 1.80 bits per heavy atom. The molecule has 1 aromatic rings. The molecule has 0 amide bonds. The molecule has 0 aliphatic heterocycles. The quantitative estimate of drug-likeness (QED) is 0.600. The Morgan fingerprint density at radius 1 is 1.13 bits per heavy atom. The van der Waals surface area contributed by atoms with Crippen LogP contribution < -0.4 is 5.19 Å². The number of hydrogen-bond acceptors (Lipinski definition) is 1. The van der Waals surface area contributed by atoms with Crippen LogP contribution in [-0.2, 0) is 6.42 Å². The molecular weight excluding hydrogens is 200 g/mol. The third-order valence-corrected chi connectivity index (χ3v) is 4.53. The first kappa shape index (κ1) is 12.5. The van der Waals surface area contributed by atoms with Crippen molar-refractivity contribution < 1.29 is 4.80 Å². The summed E-state index contributed by atoms with van der Waals surface area (Å²) >= 11 is 0. The smallest absolute Gasteiger partial charge is 0.214 e. The van der Waals surface area contributed by atoms with Crippen LogP contribution in [0.2, 0.25) is 13.1 Å². The van der Waals surface area contributed by atoms with E-state index in [0.717, 1.165) is 6.42 Å². The van der Waals surface area contributed by atoms with Gasteiger partial charge in [-0.05, 0) is 36.7 Å². The first-order valence-electron chi connectivity index (χ1n) is 5.86. The van der Waals surface area contributed by atoms with E-state index in [2.05, 4.69) is 25.1 Å². The van der Waals surface area contributed by atoms with Crippen molar-refractivity contribution in [3.8, 4) is 0 Å². The molecule has 0 atom stereocenters. The number of aryl methyl sites for hydroxylation is 1. The second-order valence-corrected chi connectivity index (χ2v) is 8.33. The summed E-state index contributed by atoms with van der Waals surface area (Å²) in [5.41, 5.74) is 1.35. The summed E-state index contributed by atoms with van der Waals surface area (Å²) < 4.78 is 0. The SMILES string of the molecule is CCCCCc1ccccc1[Si](C)(C)O. The predicted octanol–water partition coefficient (Wildman–Crippen LogP) is 2.82. The minimum Gasteiger partial charge on any atom is -0.428 e. The van der Waals surface area contributed by atoms with E-state index in [1.165, 1.54) is 30.0 Å². The van der Waals surface area contributed by atoms with Crippen LogP contribution in [0.1, 0.15) is 31.7 Å². The zero-order chi connectivity index (χ0) is 11.3. The zero-order valence-corrected chi connectivity index (χ0v) is 11.1. The van der Waals surface area contributed by atoms with Gasteiger partial charge in [-0.1, -0.05) is 44.0 Å². The predicted molar refractivity (Wildman–Crippen MR) is 69.0 cm³/mol. The first-order valence-corrected chi connectivity index (χ1v) is 8.81. The van der Waals surface area contributed by atoms with Crippen molar-refractivity contribution in [2.75, 3.05) is 0 Å². The van der Waals surface area contributed by atoms with Gasteiger partial charge in [-0.25, -0.2) is 0 Å². The first-order chi connectivity index (χ1) is 7.05. The molecule has 15 heavy (non-hydrogen) atoms. The lowest BCUT2D eigenvalue weighted by molar-refractivity contribution is 0.567. The van der Waals surface area contributed by atoms with Crippen LogP contribution in [0.4, 0.5) is 0 Å². The van der Waals surface area contributed by atoms with Crippen molar-refractivity contribution in [3.05, 3.63) is 29.8 Å². The lowest BCUT2D eigenvalue weighted by atomic mass is 10.1. The number of rotatable bonds is 5. The average Bonchev–Trinajstić information content (AvgIpc) is 2.17. The molecule has 0 saturated heterocycles. The molecule has 1 N–H and O–H groups in total. The molecule has 0 bridgehead atoms. The van der Waals surface area contributed by atoms with Crippen molar-refractivity contribution in [2.45, 2.75) is 45.7 Å². The Morgan fingerprint density at radius 3 is 2.40 bits per heavy atom. The Bertz CT molecular complexity index is 302. The Kier molecular flexibility index (Phi) is 4.55. The summed E-state index contributed by atoms with van der Waals surface area (Å²) in [6.07, 6.45) is 4.88. The van der Waals surface area contributed by atoms with Gasteiger partial charge in [-0.2, -0.15) is 0 Å².